The van der Waals surface area contributed by atoms with Gasteiger partial charge in [0.15, 0.2) is 0 Å². The summed E-state index contributed by atoms with van der Waals surface area (Å²) >= 11 is 0. The van der Waals surface area contributed by atoms with Gasteiger partial charge in [0.2, 0.25) is 10.0 Å². The molecule has 8 heteroatoms. The quantitative estimate of drug-likeness (QED) is 0.798. The van der Waals surface area contributed by atoms with Crippen molar-refractivity contribution in [3.8, 4) is 6.07 Å². The molecule has 0 aliphatic carbocycles. The molecule has 2 heterocycles. The summed E-state index contributed by atoms with van der Waals surface area (Å²) in [6, 6.07) is 2.03. The third kappa shape index (κ3) is 2.33. The van der Waals surface area contributed by atoms with Crippen molar-refractivity contribution in [3.05, 3.63) is 24.3 Å². The first-order valence-electron chi connectivity index (χ1n) is 5.28. The van der Waals surface area contributed by atoms with Crippen LogP contribution in [0.4, 0.5) is 4.39 Å². The molecule has 18 heavy (non-hydrogen) atoms. The molecule has 1 aromatic heterocycles. The van der Waals surface area contributed by atoms with E-state index >= 15 is 0 Å². The first kappa shape index (κ1) is 12.9. The van der Waals surface area contributed by atoms with Gasteiger partial charge in [-0.25, -0.2) is 12.8 Å². The Bertz CT molecular complexity index is 584. The lowest BCUT2D eigenvalue weighted by Crippen LogP contribution is -2.52. The minimum Gasteiger partial charge on any atom is -0.313 e. The minimum absolute atomic E-state index is 0.178. The van der Waals surface area contributed by atoms with E-state index in [1.807, 2.05) is 6.07 Å². The molecule has 1 unspecified atom stereocenters. The second-order valence-corrected chi connectivity index (χ2v) is 5.69. The second-order valence-electron chi connectivity index (χ2n) is 3.80. The maximum Gasteiger partial charge on any atom is 0.245 e. The Morgan fingerprint density at radius 3 is 3.00 bits per heavy atom. The van der Waals surface area contributed by atoms with Crippen LogP contribution in [0.25, 0.3) is 0 Å². The fourth-order valence-corrected chi connectivity index (χ4v) is 3.27. The van der Waals surface area contributed by atoms with E-state index in [1.54, 1.807) is 0 Å². The molecule has 1 atom stereocenters. The van der Waals surface area contributed by atoms with Gasteiger partial charge in [0.1, 0.15) is 16.8 Å². The highest BCUT2D eigenvalue weighted by Crippen LogP contribution is 2.18. The Labute approximate surface area is 104 Å². The van der Waals surface area contributed by atoms with Crippen LogP contribution in [-0.4, -0.2) is 43.4 Å². The minimum atomic E-state index is -3.88. The summed E-state index contributed by atoms with van der Waals surface area (Å²) in [4.78, 5) is 3.29. The number of nitrogens with one attached hydrogen (secondary N) is 1. The van der Waals surface area contributed by atoms with Gasteiger partial charge in [-0.1, -0.05) is 0 Å². The topological polar surface area (TPSA) is 86.1 Å². The van der Waals surface area contributed by atoms with Gasteiger partial charge < -0.3 is 5.32 Å². The Balaban J connectivity index is 2.39. The van der Waals surface area contributed by atoms with E-state index < -0.39 is 21.9 Å². The first-order chi connectivity index (χ1) is 8.55. The van der Waals surface area contributed by atoms with E-state index in [1.165, 1.54) is 0 Å². The Morgan fingerprint density at radius 1 is 1.56 bits per heavy atom. The smallest absolute Gasteiger partial charge is 0.245 e. The molecular formula is C10H11FN4O2S. The summed E-state index contributed by atoms with van der Waals surface area (Å²) in [6.07, 6.45) is 2.01. The van der Waals surface area contributed by atoms with Gasteiger partial charge in [-0.15, -0.1) is 0 Å². The van der Waals surface area contributed by atoms with Crippen molar-refractivity contribution in [2.75, 3.05) is 19.6 Å². The van der Waals surface area contributed by atoms with E-state index in [9.17, 15) is 12.8 Å². The number of aromatic nitrogens is 1. The van der Waals surface area contributed by atoms with Crippen LogP contribution < -0.4 is 5.32 Å². The monoisotopic (exact) mass is 270 g/mol. The van der Waals surface area contributed by atoms with Crippen LogP contribution in [0.15, 0.2) is 23.4 Å². The standard InChI is InChI=1S/C10H11FN4O2S/c11-8-3-10(7-14-5-8)18(16,17)15-2-1-13-6-9(15)4-12/h3,5,7,9,13H,1-2,6H2. The van der Waals surface area contributed by atoms with Gasteiger partial charge in [-0.2, -0.15) is 9.57 Å². The summed E-state index contributed by atoms with van der Waals surface area (Å²) in [5, 5.41) is 11.9. The van der Waals surface area contributed by atoms with E-state index in [0.717, 1.165) is 22.8 Å². The second kappa shape index (κ2) is 4.97. The van der Waals surface area contributed by atoms with Crippen LogP contribution in [0.5, 0.6) is 0 Å². The highest BCUT2D eigenvalue weighted by Gasteiger charge is 2.33. The maximum absolute atomic E-state index is 13.0. The third-order valence-corrected chi connectivity index (χ3v) is 4.50. The number of pyridine rings is 1. The van der Waals surface area contributed by atoms with Crippen molar-refractivity contribution < 1.29 is 12.8 Å². The average molecular weight is 270 g/mol. The van der Waals surface area contributed by atoms with Gasteiger partial charge in [0.05, 0.1) is 12.3 Å². The highest BCUT2D eigenvalue weighted by atomic mass is 32.2. The van der Waals surface area contributed by atoms with E-state index in [-0.39, 0.29) is 18.0 Å². The maximum atomic E-state index is 13.0. The van der Waals surface area contributed by atoms with Crippen molar-refractivity contribution in [2.45, 2.75) is 10.9 Å². The molecular weight excluding hydrogens is 259 g/mol. The van der Waals surface area contributed by atoms with Crippen LogP contribution in [0, 0.1) is 17.1 Å². The molecule has 0 saturated carbocycles. The summed E-state index contributed by atoms with van der Waals surface area (Å²) in [7, 11) is -3.88. The fraction of sp³-hybridized carbons (Fsp3) is 0.400. The van der Waals surface area contributed by atoms with Gasteiger partial charge in [0.25, 0.3) is 0 Å². The molecule has 1 saturated heterocycles. The van der Waals surface area contributed by atoms with Crippen LogP contribution in [0.1, 0.15) is 0 Å². The van der Waals surface area contributed by atoms with E-state index in [4.69, 9.17) is 5.26 Å². The summed E-state index contributed by atoms with van der Waals surface area (Å²) in [5.74, 6) is -0.722. The van der Waals surface area contributed by atoms with Crippen LogP contribution in [0.2, 0.25) is 0 Å². The predicted octanol–water partition coefficient (Wildman–Crippen LogP) is -0.293. The van der Waals surface area contributed by atoms with Gasteiger partial charge in [0, 0.05) is 25.8 Å². The zero-order valence-electron chi connectivity index (χ0n) is 9.38. The molecule has 0 spiro atoms. The molecule has 1 aromatic rings. The van der Waals surface area contributed by atoms with E-state index in [0.29, 0.717) is 6.54 Å². The SMILES string of the molecule is N#CC1CNCCN1S(=O)(=O)c1cncc(F)c1. The molecule has 2 rings (SSSR count). The molecule has 1 aliphatic rings. The first-order valence-corrected chi connectivity index (χ1v) is 6.72. The van der Waals surface area contributed by atoms with Gasteiger partial charge >= 0.3 is 0 Å². The van der Waals surface area contributed by atoms with E-state index in [2.05, 4.69) is 10.3 Å². The van der Waals surface area contributed by atoms with Crippen molar-refractivity contribution in [1.29, 1.82) is 5.26 Å². The van der Waals surface area contributed by atoms with Crippen LogP contribution in [-0.2, 0) is 10.0 Å². The molecule has 1 fully saturated rings. The normalized spacial score (nSPS) is 21.4. The largest absolute Gasteiger partial charge is 0.313 e. The van der Waals surface area contributed by atoms with Crippen LogP contribution in [0.3, 0.4) is 0 Å². The molecule has 6 nitrogen and oxygen atoms in total. The summed E-state index contributed by atoms with van der Waals surface area (Å²) in [5.41, 5.74) is 0. The lowest BCUT2D eigenvalue weighted by Gasteiger charge is -2.30. The van der Waals surface area contributed by atoms with Crippen molar-refractivity contribution >= 4 is 10.0 Å². The molecule has 0 radical (unpaired) electrons. The molecule has 0 bridgehead atoms. The molecule has 0 amide bonds. The van der Waals surface area contributed by atoms with Crippen LogP contribution >= 0.6 is 0 Å². The number of nitriles is 1. The summed E-state index contributed by atoms with van der Waals surface area (Å²) in [6.45, 7) is 0.899. The van der Waals surface area contributed by atoms with Gasteiger partial charge in [-0.3, -0.25) is 4.98 Å². The number of sulfonamides is 1. The lowest BCUT2D eigenvalue weighted by atomic mass is 10.3. The van der Waals surface area contributed by atoms with Crippen molar-refractivity contribution in [1.82, 2.24) is 14.6 Å². The molecule has 0 aromatic carbocycles. The number of hydrogen-bond acceptors (Lipinski definition) is 5. The number of halogens is 1. The van der Waals surface area contributed by atoms with Crippen molar-refractivity contribution in [2.24, 2.45) is 0 Å². The number of rotatable bonds is 2. The highest BCUT2D eigenvalue weighted by molar-refractivity contribution is 7.89. The third-order valence-electron chi connectivity index (χ3n) is 2.63. The zero-order valence-corrected chi connectivity index (χ0v) is 10.2. The fourth-order valence-electron chi connectivity index (χ4n) is 1.75. The molecule has 96 valence electrons. The molecule has 1 N–H and O–H groups in total. The predicted molar refractivity (Wildman–Crippen MR) is 60.4 cm³/mol. The summed E-state index contributed by atoms with van der Waals surface area (Å²) < 4.78 is 38.6. The lowest BCUT2D eigenvalue weighted by molar-refractivity contribution is 0.311. The number of nitrogens with zero attached hydrogens (tertiary/aromatic N) is 3. The number of piperazine rings is 1. The zero-order chi connectivity index (χ0) is 13.2. The number of hydrogen-bond donors (Lipinski definition) is 1. The van der Waals surface area contributed by atoms with Crippen molar-refractivity contribution in [3.63, 3.8) is 0 Å². The Hall–Kier alpha value is -1.56. The Morgan fingerprint density at radius 2 is 2.33 bits per heavy atom. The Kier molecular flexibility index (Phi) is 3.56. The van der Waals surface area contributed by atoms with Gasteiger partial charge in [-0.05, 0) is 6.07 Å². The average Bonchev–Trinajstić information content (AvgIpc) is 2.38. The molecule has 1 aliphatic heterocycles.